The van der Waals surface area contributed by atoms with E-state index in [4.69, 9.17) is 0 Å². The van der Waals surface area contributed by atoms with Crippen molar-refractivity contribution in [3.05, 3.63) is 53.6 Å². The summed E-state index contributed by atoms with van der Waals surface area (Å²) in [5.74, 6) is -0.653. The Morgan fingerprint density at radius 3 is 2.46 bits per heavy atom. The fourth-order valence-corrected chi connectivity index (χ4v) is 3.60. The molecule has 1 unspecified atom stereocenters. The number of hydrogen-bond donors (Lipinski definition) is 2. The molecule has 7 heteroatoms. The molecule has 2 N–H and O–H groups in total. The Hall–Kier alpha value is -2.80. The van der Waals surface area contributed by atoms with Gasteiger partial charge in [-0.1, -0.05) is 6.07 Å². The van der Waals surface area contributed by atoms with Gasteiger partial charge < -0.3 is 10.4 Å². The maximum absolute atomic E-state index is 12.6. The molecule has 0 aliphatic carbocycles. The topological polar surface area (TPSA) is 86.7 Å². The number of hydrogen-bond acceptors (Lipinski definition) is 5. The zero-order valence-corrected chi connectivity index (χ0v) is 15.2. The van der Waals surface area contributed by atoms with Gasteiger partial charge in [0.25, 0.3) is 5.24 Å². The molecule has 1 aliphatic heterocycles. The summed E-state index contributed by atoms with van der Waals surface area (Å²) in [6.45, 7) is 3.87. The number of aryl methyl sites for hydroxylation is 2. The summed E-state index contributed by atoms with van der Waals surface area (Å²) in [4.78, 5) is 38.2. The fourth-order valence-electron chi connectivity index (χ4n) is 2.61. The van der Waals surface area contributed by atoms with Crippen molar-refractivity contribution in [2.75, 3.05) is 10.2 Å². The van der Waals surface area contributed by atoms with Gasteiger partial charge in [-0.05, 0) is 73.1 Å². The smallest absolute Gasteiger partial charge is 0.293 e. The van der Waals surface area contributed by atoms with E-state index in [2.05, 4.69) is 5.32 Å². The maximum Gasteiger partial charge on any atom is 0.293 e. The standard InChI is InChI=1S/C19H18N2O4S/c1-11-3-6-14(9-12(11)2)21-18(24)16(26-19(21)25)10-17(23)20-13-4-7-15(22)8-5-13/h3-9,16,22H,10H2,1-2H3,(H,20,23). The van der Waals surface area contributed by atoms with E-state index < -0.39 is 5.25 Å². The van der Waals surface area contributed by atoms with Gasteiger partial charge in [-0.15, -0.1) is 0 Å². The van der Waals surface area contributed by atoms with Gasteiger partial charge in [-0.25, -0.2) is 4.90 Å². The lowest BCUT2D eigenvalue weighted by atomic mass is 10.1. The number of rotatable bonds is 4. The Morgan fingerprint density at radius 2 is 1.81 bits per heavy atom. The van der Waals surface area contributed by atoms with Crippen LogP contribution in [0.1, 0.15) is 17.5 Å². The molecule has 0 aromatic heterocycles. The second-order valence-electron chi connectivity index (χ2n) is 6.11. The highest BCUT2D eigenvalue weighted by Crippen LogP contribution is 2.34. The molecule has 0 spiro atoms. The quantitative estimate of drug-likeness (QED) is 0.803. The lowest BCUT2D eigenvalue weighted by Gasteiger charge is -2.15. The van der Waals surface area contributed by atoms with Gasteiger partial charge in [-0.2, -0.15) is 0 Å². The average molecular weight is 370 g/mol. The van der Waals surface area contributed by atoms with E-state index in [9.17, 15) is 19.5 Å². The third-order valence-electron chi connectivity index (χ3n) is 4.19. The molecular formula is C19H18N2O4S. The number of phenolic OH excluding ortho intramolecular Hbond substituents is 1. The number of imide groups is 1. The first kappa shape index (κ1) is 18.0. The van der Waals surface area contributed by atoms with E-state index >= 15 is 0 Å². The minimum Gasteiger partial charge on any atom is -0.508 e. The number of nitrogens with zero attached hydrogens (tertiary/aromatic N) is 1. The molecule has 1 heterocycles. The summed E-state index contributed by atoms with van der Waals surface area (Å²) < 4.78 is 0. The van der Waals surface area contributed by atoms with Crippen molar-refractivity contribution < 1.29 is 19.5 Å². The van der Waals surface area contributed by atoms with Gasteiger partial charge in [-0.3, -0.25) is 14.4 Å². The largest absolute Gasteiger partial charge is 0.508 e. The SMILES string of the molecule is Cc1ccc(N2C(=O)SC(CC(=O)Nc3ccc(O)cc3)C2=O)cc1C. The monoisotopic (exact) mass is 370 g/mol. The van der Waals surface area contributed by atoms with E-state index in [0.717, 1.165) is 27.8 Å². The highest BCUT2D eigenvalue weighted by atomic mass is 32.2. The van der Waals surface area contributed by atoms with Gasteiger partial charge in [0.15, 0.2) is 0 Å². The summed E-state index contributed by atoms with van der Waals surface area (Å²) in [5.41, 5.74) is 3.10. The van der Waals surface area contributed by atoms with E-state index in [-0.39, 0.29) is 29.2 Å². The first-order valence-corrected chi connectivity index (χ1v) is 8.94. The van der Waals surface area contributed by atoms with Crippen molar-refractivity contribution >= 4 is 40.2 Å². The van der Waals surface area contributed by atoms with Crippen LogP contribution in [0.5, 0.6) is 5.75 Å². The number of carbonyl (C=O) groups excluding carboxylic acids is 3. The molecule has 3 rings (SSSR count). The Morgan fingerprint density at radius 1 is 1.12 bits per heavy atom. The number of thioether (sulfide) groups is 1. The Balaban J connectivity index is 1.69. The second kappa shape index (κ2) is 7.21. The molecule has 1 fully saturated rings. The minimum atomic E-state index is -0.749. The van der Waals surface area contributed by atoms with Crippen molar-refractivity contribution in [2.45, 2.75) is 25.5 Å². The van der Waals surface area contributed by atoms with Crippen molar-refractivity contribution in [3.8, 4) is 5.75 Å². The second-order valence-corrected chi connectivity index (χ2v) is 7.27. The van der Waals surface area contributed by atoms with Gasteiger partial charge in [0.1, 0.15) is 11.0 Å². The van der Waals surface area contributed by atoms with Crippen LogP contribution in [0.4, 0.5) is 16.2 Å². The molecule has 2 aromatic carbocycles. The van der Waals surface area contributed by atoms with E-state index in [1.165, 1.54) is 12.1 Å². The molecule has 1 aliphatic rings. The molecule has 26 heavy (non-hydrogen) atoms. The maximum atomic E-state index is 12.6. The van der Waals surface area contributed by atoms with Crippen LogP contribution in [0.25, 0.3) is 0 Å². The van der Waals surface area contributed by atoms with Gasteiger partial charge in [0.2, 0.25) is 11.8 Å². The molecule has 0 bridgehead atoms. The molecule has 134 valence electrons. The third kappa shape index (κ3) is 3.72. The Bertz CT molecular complexity index is 880. The first-order valence-electron chi connectivity index (χ1n) is 8.06. The van der Waals surface area contributed by atoms with Crippen molar-refractivity contribution in [3.63, 3.8) is 0 Å². The molecule has 0 saturated carbocycles. The predicted octanol–water partition coefficient (Wildman–Crippen LogP) is 3.61. The van der Waals surface area contributed by atoms with Crippen molar-refractivity contribution in [1.82, 2.24) is 0 Å². The molecule has 1 atom stereocenters. The Kier molecular flexibility index (Phi) is 4.99. The summed E-state index contributed by atoms with van der Waals surface area (Å²) in [7, 11) is 0. The van der Waals surface area contributed by atoms with Gasteiger partial charge in [0, 0.05) is 12.1 Å². The van der Waals surface area contributed by atoms with Crippen LogP contribution in [0, 0.1) is 13.8 Å². The Labute approximate surface area is 155 Å². The van der Waals surface area contributed by atoms with E-state index in [1.807, 2.05) is 19.9 Å². The van der Waals surface area contributed by atoms with Crippen LogP contribution < -0.4 is 10.2 Å². The highest BCUT2D eigenvalue weighted by molar-refractivity contribution is 8.15. The molecule has 2 aromatic rings. The van der Waals surface area contributed by atoms with Crippen molar-refractivity contribution in [1.29, 1.82) is 0 Å². The summed E-state index contributed by atoms with van der Waals surface area (Å²) in [6.07, 6.45) is -0.0997. The molecular weight excluding hydrogens is 352 g/mol. The third-order valence-corrected chi connectivity index (χ3v) is 5.23. The fraction of sp³-hybridized carbons (Fsp3) is 0.211. The van der Waals surface area contributed by atoms with Gasteiger partial charge in [0.05, 0.1) is 5.69 Å². The summed E-state index contributed by atoms with van der Waals surface area (Å²) >= 11 is 0.865. The number of nitrogens with one attached hydrogen (secondary N) is 1. The lowest BCUT2D eigenvalue weighted by molar-refractivity contribution is -0.121. The molecule has 6 nitrogen and oxygen atoms in total. The summed E-state index contributed by atoms with van der Waals surface area (Å²) in [5, 5.41) is 10.8. The van der Waals surface area contributed by atoms with Crippen LogP contribution in [0.15, 0.2) is 42.5 Å². The van der Waals surface area contributed by atoms with E-state index in [1.54, 1.807) is 24.3 Å². The van der Waals surface area contributed by atoms with Gasteiger partial charge >= 0.3 is 0 Å². The highest BCUT2D eigenvalue weighted by Gasteiger charge is 2.41. The number of aromatic hydroxyl groups is 1. The number of anilines is 2. The molecule has 0 radical (unpaired) electrons. The van der Waals surface area contributed by atoms with Crippen LogP contribution in [0.3, 0.4) is 0 Å². The van der Waals surface area contributed by atoms with Crippen LogP contribution in [0.2, 0.25) is 0 Å². The van der Waals surface area contributed by atoms with E-state index in [0.29, 0.717) is 11.4 Å². The lowest BCUT2D eigenvalue weighted by Crippen LogP contribution is -2.33. The average Bonchev–Trinajstić information content (AvgIpc) is 2.86. The zero-order valence-electron chi connectivity index (χ0n) is 14.4. The zero-order chi connectivity index (χ0) is 18.8. The van der Waals surface area contributed by atoms with Crippen molar-refractivity contribution in [2.24, 2.45) is 0 Å². The number of benzene rings is 2. The predicted molar refractivity (Wildman–Crippen MR) is 102 cm³/mol. The number of amides is 3. The van der Waals surface area contributed by atoms with Crippen LogP contribution in [-0.2, 0) is 9.59 Å². The van der Waals surface area contributed by atoms with Crippen LogP contribution >= 0.6 is 11.8 Å². The normalized spacial score (nSPS) is 16.8. The summed E-state index contributed by atoms with van der Waals surface area (Å²) in [6, 6.07) is 11.4. The number of phenols is 1. The first-order chi connectivity index (χ1) is 12.3. The molecule has 3 amide bonds. The minimum absolute atomic E-state index is 0.0964. The van der Waals surface area contributed by atoms with Crippen LogP contribution in [-0.4, -0.2) is 27.4 Å². The molecule has 1 saturated heterocycles. The number of carbonyl (C=O) groups is 3.